The molecule has 0 saturated carbocycles. The molecular weight excluding hydrogens is 169 g/mol. The average Bonchev–Trinajstić information content (AvgIpc) is 2.36. The Morgan fingerprint density at radius 2 is 2.50 bits per heavy atom. The van der Waals surface area contributed by atoms with Gasteiger partial charge in [-0.3, -0.25) is 0 Å². The van der Waals surface area contributed by atoms with Gasteiger partial charge in [-0.15, -0.1) is 0 Å². The van der Waals surface area contributed by atoms with Crippen LogP contribution in [0.1, 0.15) is 6.92 Å². The fourth-order valence-electron chi connectivity index (χ4n) is 0.664. The van der Waals surface area contributed by atoms with Crippen LogP contribution in [0.3, 0.4) is 0 Å². The van der Waals surface area contributed by atoms with Crippen LogP contribution in [-0.2, 0) is 4.52 Å². The van der Waals surface area contributed by atoms with E-state index in [-0.39, 0.29) is 4.61 Å². The topological polar surface area (TPSA) is 41.5 Å². The lowest BCUT2D eigenvalue weighted by atomic mass is 10.7. The van der Waals surface area contributed by atoms with Crippen LogP contribution in [0.2, 0.25) is 0 Å². The molecule has 3 nitrogen and oxygen atoms in total. The Morgan fingerprint density at radius 1 is 1.80 bits per heavy atom. The van der Waals surface area contributed by atoms with E-state index in [0.29, 0.717) is 0 Å². The van der Waals surface area contributed by atoms with E-state index in [1.807, 2.05) is 18.5 Å². The maximum Gasteiger partial charge on any atom is 0.206 e. The SMILES string of the molecule is COP(O)C1(C)NC=CS1. The van der Waals surface area contributed by atoms with Crippen molar-refractivity contribution in [3.8, 4) is 0 Å². The van der Waals surface area contributed by atoms with Crippen molar-refractivity contribution in [1.82, 2.24) is 5.32 Å². The first kappa shape index (κ1) is 8.34. The maximum atomic E-state index is 9.34. The van der Waals surface area contributed by atoms with Gasteiger partial charge >= 0.3 is 0 Å². The quantitative estimate of drug-likeness (QED) is 0.629. The van der Waals surface area contributed by atoms with Gasteiger partial charge in [-0.2, -0.15) is 0 Å². The van der Waals surface area contributed by atoms with Crippen molar-refractivity contribution in [2.45, 2.75) is 11.5 Å². The molecule has 1 heterocycles. The zero-order valence-electron chi connectivity index (χ0n) is 5.87. The molecule has 0 aliphatic carbocycles. The molecule has 0 amide bonds. The molecule has 10 heavy (non-hydrogen) atoms. The molecule has 0 saturated heterocycles. The maximum absolute atomic E-state index is 9.34. The summed E-state index contributed by atoms with van der Waals surface area (Å²) in [6, 6.07) is 0. The molecule has 1 aliphatic rings. The summed E-state index contributed by atoms with van der Waals surface area (Å²) in [5.74, 6) is 0. The zero-order valence-corrected chi connectivity index (χ0v) is 7.58. The molecular formula is C5H10NO2PS. The predicted octanol–water partition coefficient (Wildman–Crippen LogP) is 1.42. The van der Waals surface area contributed by atoms with Crippen molar-refractivity contribution >= 4 is 20.1 Å². The summed E-state index contributed by atoms with van der Waals surface area (Å²) in [4.78, 5) is 9.34. The Kier molecular flexibility index (Phi) is 2.58. The van der Waals surface area contributed by atoms with Crippen molar-refractivity contribution in [1.29, 1.82) is 0 Å². The molecule has 0 bridgehead atoms. The lowest BCUT2D eigenvalue weighted by molar-refractivity contribution is 0.372. The standard InChI is InChI=1S/C5H10NO2PS/c1-5(9(7)8-2)6-3-4-10-5/h3-4,6-7H,1-2H3. The van der Waals surface area contributed by atoms with Crippen LogP contribution in [0.15, 0.2) is 11.6 Å². The fourth-order valence-corrected chi connectivity index (χ4v) is 2.50. The Labute approximate surface area is 65.8 Å². The number of thioether (sulfide) groups is 1. The van der Waals surface area contributed by atoms with Gasteiger partial charge in [0.2, 0.25) is 8.38 Å². The minimum absolute atomic E-state index is 0.343. The van der Waals surface area contributed by atoms with Crippen LogP contribution in [0.5, 0.6) is 0 Å². The minimum atomic E-state index is -1.37. The third-order valence-electron chi connectivity index (χ3n) is 1.25. The first-order valence-electron chi connectivity index (χ1n) is 2.83. The van der Waals surface area contributed by atoms with Crippen molar-refractivity contribution in [2.75, 3.05) is 7.11 Å². The third-order valence-corrected chi connectivity index (χ3v) is 4.09. The van der Waals surface area contributed by atoms with Crippen LogP contribution in [0, 0.1) is 0 Å². The summed E-state index contributed by atoms with van der Waals surface area (Å²) in [7, 11) is 0.139. The van der Waals surface area contributed by atoms with E-state index in [1.54, 1.807) is 0 Å². The molecule has 0 radical (unpaired) electrons. The van der Waals surface area contributed by atoms with Crippen LogP contribution in [-0.4, -0.2) is 16.6 Å². The minimum Gasteiger partial charge on any atom is -0.369 e. The second-order valence-corrected chi connectivity index (χ2v) is 5.44. The summed E-state index contributed by atoms with van der Waals surface area (Å²) in [6.45, 7) is 1.91. The first-order chi connectivity index (χ1) is 4.69. The zero-order chi connectivity index (χ0) is 7.61. The predicted molar refractivity (Wildman–Crippen MR) is 44.4 cm³/mol. The van der Waals surface area contributed by atoms with E-state index in [0.717, 1.165) is 0 Å². The van der Waals surface area contributed by atoms with E-state index < -0.39 is 8.38 Å². The van der Waals surface area contributed by atoms with Gasteiger partial charge < -0.3 is 14.7 Å². The Balaban J connectivity index is 2.52. The molecule has 0 spiro atoms. The number of hydrogen-bond acceptors (Lipinski definition) is 4. The van der Waals surface area contributed by atoms with Gasteiger partial charge in [-0.25, -0.2) is 0 Å². The van der Waals surface area contributed by atoms with Crippen LogP contribution in [0.4, 0.5) is 0 Å². The lowest BCUT2D eigenvalue weighted by Gasteiger charge is -2.26. The van der Waals surface area contributed by atoms with E-state index in [2.05, 4.69) is 5.32 Å². The summed E-state index contributed by atoms with van der Waals surface area (Å²) in [5, 5.41) is 4.93. The summed E-state index contributed by atoms with van der Waals surface area (Å²) in [5.41, 5.74) is 0. The summed E-state index contributed by atoms with van der Waals surface area (Å²) >= 11 is 1.54. The molecule has 0 fully saturated rings. The van der Waals surface area contributed by atoms with Gasteiger partial charge in [0.1, 0.15) is 0 Å². The summed E-state index contributed by atoms with van der Waals surface area (Å²) in [6.07, 6.45) is 1.81. The molecule has 58 valence electrons. The van der Waals surface area contributed by atoms with E-state index in [4.69, 9.17) is 4.52 Å². The molecule has 1 rings (SSSR count). The average molecular weight is 179 g/mol. The van der Waals surface area contributed by atoms with E-state index in [9.17, 15) is 4.89 Å². The number of nitrogens with one attached hydrogen (secondary N) is 1. The van der Waals surface area contributed by atoms with Gasteiger partial charge in [-0.05, 0) is 12.3 Å². The molecule has 0 aromatic heterocycles. The Bertz CT molecular complexity index is 145. The lowest BCUT2D eigenvalue weighted by Crippen LogP contribution is -2.29. The molecule has 2 atom stereocenters. The van der Waals surface area contributed by atoms with Gasteiger partial charge in [0.15, 0.2) is 4.61 Å². The van der Waals surface area contributed by atoms with Crippen molar-refractivity contribution < 1.29 is 9.42 Å². The smallest absolute Gasteiger partial charge is 0.206 e. The largest absolute Gasteiger partial charge is 0.369 e. The highest BCUT2D eigenvalue weighted by Crippen LogP contribution is 2.53. The highest BCUT2D eigenvalue weighted by atomic mass is 32.2. The van der Waals surface area contributed by atoms with Crippen molar-refractivity contribution in [3.05, 3.63) is 11.6 Å². The third kappa shape index (κ3) is 1.45. The van der Waals surface area contributed by atoms with Crippen LogP contribution < -0.4 is 5.32 Å². The van der Waals surface area contributed by atoms with Gasteiger partial charge in [0, 0.05) is 13.3 Å². The van der Waals surface area contributed by atoms with E-state index in [1.165, 1.54) is 18.9 Å². The normalized spacial score (nSPS) is 33.9. The molecule has 0 aromatic carbocycles. The molecule has 2 unspecified atom stereocenters. The molecule has 5 heteroatoms. The highest BCUT2D eigenvalue weighted by Gasteiger charge is 2.35. The van der Waals surface area contributed by atoms with Crippen molar-refractivity contribution in [3.63, 3.8) is 0 Å². The molecule has 0 aromatic rings. The van der Waals surface area contributed by atoms with Crippen LogP contribution >= 0.6 is 20.1 Å². The Hall–Kier alpha value is 0.240. The molecule has 2 N–H and O–H groups in total. The first-order valence-corrected chi connectivity index (χ1v) is 4.92. The van der Waals surface area contributed by atoms with Crippen LogP contribution in [0.25, 0.3) is 0 Å². The fraction of sp³-hybridized carbons (Fsp3) is 0.600. The Morgan fingerprint density at radius 3 is 2.90 bits per heavy atom. The van der Waals surface area contributed by atoms with Crippen molar-refractivity contribution in [2.24, 2.45) is 0 Å². The second kappa shape index (κ2) is 3.09. The van der Waals surface area contributed by atoms with Gasteiger partial charge in [0.05, 0.1) is 0 Å². The summed E-state index contributed by atoms with van der Waals surface area (Å²) < 4.78 is 4.49. The van der Waals surface area contributed by atoms with Gasteiger partial charge in [-0.1, -0.05) is 11.8 Å². The second-order valence-electron chi connectivity index (χ2n) is 2.00. The highest BCUT2D eigenvalue weighted by molar-refractivity contribution is 8.08. The number of rotatable bonds is 2. The van der Waals surface area contributed by atoms with Gasteiger partial charge in [0.25, 0.3) is 0 Å². The number of hydrogen-bond donors (Lipinski definition) is 2. The monoisotopic (exact) mass is 179 g/mol. The van der Waals surface area contributed by atoms with E-state index >= 15 is 0 Å². The molecule has 1 aliphatic heterocycles.